The third-order valence-corrected chi connectivity index (χ3v) is 5.04. The molecule has 7 nitrogen and oxygen atoms in total. The molecule has 0 unspecified atom stereocenters. The number of nitrogens with one attached hydrogen (secondary N) is 1. The number of halogens is 1. The standard InChI is InChI=1S/C24H20BrNO6/c1-30-20-8-5-9-21(31-2)22(20)23(27)26-18(24(28)29)14-15-10-12-16(13-11-15)32-19-7-4-3-6-17(19)25/h3-14H,1-2H3,(H,26,27)(H,28,29)/b18-14+. The minimum Gasteiger partial charge on any atom is -0.496 e. The minimum absolute atomic E-state index is 0.0989. The summed E-state index contributed by atoms with van der Waals surface area (Å²) in [6, 6.07) is 19.0. The summed E-state index contributed by atoms with van der Waals surface area (Å²) in [5.41, 5.74) is 0.360. The number of benzene rings is 3. The molecule has 8 heteroatoms. The maximum atomic E-state index is 12.8. The third-order valence-electron chi connectivity index (χ3n) is 4.39. The number of ether oxygens (including phenoxy) is 3. The molecule has 164 valence electrons. The maximum absolute atomic E-state index is 12.8. The van der Waals surface area contributed by atoms with Crippen LogP contribution >= 0.6 is 15.9 Å². The quantitative estimate of drug-likeness (QED) is 0.419. The topological polar surface area (TPSA) is 94.1 Å². The first-order valence-electron chi connectivity index (χ1n) is 9.42. The number of amides is 1. The van der Waals surface area contributed by atoms with Crippen molar-refractivity contribution < 1.29 is 28.9 Å². The van der Waals surface area contributed by atoms with E-state index in [1.165, 1.54) is 20.3 Å². The Morgan fingerprint density at radius 3 is 2.03 bits per heavy atom. The van der Waals surface area contributed by atoms with Crippen molar-refractivity contribution in [3.05, 3.63) is 88.0 Å². The molecule has 0 radical (unpaired) electrons. The minimum atomic E-state index is -1.29. The number of carboxylic acids is 1. The number of hydrogen-bond donors (Lipinski definition) is 2. The summed E-state index contributed by atoms with van der Waals surface area (Å²) in [5.74, 6) is -0.198. The summed E-state index contributed by atoms with van der Waals surface area (Å²) in [5, 5.41) is 12.0. The van der Waals surface area contributed by atoms with Crippen LogP contribution in [0.1, 0.15) is 15.9 Å². The highest BCUT2D eigenvalue weighted by Crippen LogP contribution is 2.30. The number of carbonyl (C=O) groups is 2. The molecule has 3 aromatic rings. The van der Waals surface area contributed by atoms with Crippen LogP contribution in [0.3, 0.4) is 0 Å². The number of carbonyl (C=O) groups excluding carboxylic acids is 1. The van der Waals surface area contributed by atoms with Crippen LogP contribution in [0.5, 0.6) is 23.0 Å². The van der Waals surface area contributed by atoms with Crippen LogP contribution in [0.15, 0.2) is 76.9 Å². The fourth-order valence-electron chi connectivity index (χ4n) is 2.86. The summed E-state index contributed by atoms with van der Waals surface area (Å²) in [6.07, 6.45) is 1.35. The van der Waals surface area contributed by atoms with Crippen LogP contribution in [0.2, 0.25) is 0 Å². The van der Waals surface area contributed by atoms with E-state index in [1.54, 1.807) is 42.5 Å². The van der Waals surface area contributed by atoms with E-state index in [2.05, 4.69) is 21.2 Å². The van der Waals surface area contributed by atoms with Crippen molar-refractivity contribution in [3.63, 3.8) is 0 Å². The lowest BCUT2D eigenvalue weighted by molar-refractivity contribution is -0.132. The van der Waals surface area contributed by atoms with Gasteiger partial charge in [-0.3, -0.25) is 4.79 Å². The van der Waals surface area contributed by atoms with Crippen molar-refractivity contribution in [1.29, 1.82) is 0 Å². The Hall–Kier alpha value is -3.78. The Morgan fingerprint density at radius 2 is 1.47 bits per heavy atom. The first-order chi connectivity index (χ1) is 15.4. The summed E-state index contributed by atoms with van der Waals surface area (Å²) in [7, 11) is 2.83. The molecule has 3 rings (SSSR count). The van der Waals surface area contributed by atoms with E-state index in [-0.39, 0.29) is 22.8 Å². The maximum Gasteiger partial charge on any atom is 0.352 e. The summed E-state index contributed by atoms with van der Waals surface area (Å²) < 4.78 is 17.0. The van der Waals surface area contributed by atoms with E-state index in [4.69, 9.17) is 14.2 Å². The van der Waals surface area contributed by atoms with Gasteiger partial charge in [0.05, 0.1) is 18.7 Å². The van der Waals surface area contributed by atoms with Gasteiger partial charge in [0.1, 0.15) is 34.3 Å². The van der Waals surface area contributed by atoms with Gasteiger partial charge in [-0.2, -0.15) is 0 Å². The van der Waals surface area contributed by atoms with E-state index in [1.807, 2.05) is 24.3 Å². The van der Waals surface area contributed by atoms with Crippen molar-refractivity contribution in [2.75, 3.05) is 14.2 Å². The molecule has 0 aromatic heterocycles. The lowest BCUT2D eigenvalue weighted by Gasteiger charge is -2.13. The molecule has 0 saturated heterocycles. The van der Waals surface area contributed by atoms with Crippen LogP contribution in [0.25, 0.3) is 6.08 Å². The predicted octanol–water partition coefficient (Wildman–Crippen LogP) is 5.11. The monoisotopic (exact) mass is 497 g/mol. The van der Waals surface area contributed by atoms with Crippen LogP contribution in [0.4, 0.5) is 0 Å². The molecule has 1 amide bonds. The number of carboxylic acid groups (broad SMARTS) is 1. The Bertz CT molecular complexity index is 1140. The zero-order valence-corrected chi connectivity index (χ0v) is 18.9. The number of hydrogen-bond acceptors (Lipinski definition) is 5. The van der Waals surface area contributed by atoms with Crippen molar-refractivity contribution in [2.45, 2.75) is 0 Å². The number of rotatable bonds is 8. The fourth-order valence-corrected chi connectivity index (χ4v) is 3.23. The van der Waals surface area contributed by atoms with E-state index >= 15 is 0 Å². The lowest BCUT2D eigenvalue weighted by atomic mass is 10.1. The van der Waals surface area contributed by atoms with Gasteiger partial charge >= 0.3 is 5.97 Å². The number of para-hydroxylation sites is 1. The third kappa shape index (κ3) is 5.47. The molecule has 3 aromatic carbocycles. The second-order valence-electron chi connectivity index (χ2n) is 6.46. The second kappa shape index (κ2) is 10.5. The molecule has 0 atom stereocenters. The van der Waals surface area contributed by atoms with Crippen molar-refractivity contribution in [2.24, 2.45) is 0 Å². The normalized spacial score (nSPS) is 10.9. The van der Waals surface area contributed by atoms with Crippen LogP contribution < -0.4 is 19.5 Å². The Balaban J connectivity index is 1.82. The number of methoxy groups -OCH3 is 2. The van der Waals surface area contributed by atoms with Gasteiger partial charge in [-0.15, -0.1) is 0 Å². The molecule has 2 N–H and O–H groups in total. The second-order valence-corrected chi connectivity index (χ2v) is 7.31. The summed E-state index contributed by atoms with van der Waals surface area (Å²) in [4.78, 5) is 24.5. The predicted molar refractivity (Wildman–Crippen MR) is 123 cm³/mol. The molecule has 0 fully saturated rings. The largest absolute Gasteiger partial charge is 0.496 e. The number of aliphatic carboxylic acids is 1. The smallest absolute Gasteiger partial charge is 0.352 e. The van der Waals surface area contributed by atoms with Gasteiger partial charge in [0.15, 0.2) is 0 Å². The Kier molecular flexibility index (Phi) is 7.51. The van der Waals surface area contributed by atoms with E-state index < -0.39 is 11.9 Å². The summed E-state index contributed by atoms with van der Waals surface area (Å²) in [6.45, 7) is 0. The molecule has 0 spiro atoms. The van der Waals surface area contributed by atoms with Gasteiger partial charge < -0.3 is 24.6 Å². The van der Waals surface area contributed by atoms with Crippen molar-refractivity contribution >= 4 is 33.9 Å². The fraction of sp³-hybridized carbons (Fsp3) is 0.0833. The van der Waals surface area contributed by atoms with Crippen LogP contribution in [-0.2, 0) is 4.79 Å². The zero-order chi connectivity index (χ0) is 23.1. The first kappa shape index (κ1) is 22.9. The van der Waals surface area contributed by atoms with Gasteiger partial charge in [0, 0.05) is 0 Å². The first-order valence-corrected chi connectivity index (χ1v) is 10.2. The van der Waals surface area contributed by atoms with E-state index in [0.717, 1.165) is 4.47 Å². The van der Waals surface area contributed by atoms with Crippen molar-refractivity contribution in [1.82, 2.24) is 5.32 Å². The highest BCUT2D eigenvalue weighted by molar-refractivity contribution is 9.10. The van der Waals surface area contributed by atoms with Gasteiger partial charge in [-0.25, -0.2) is 4.79 Å². The van der Waals surface area contributed by atoms with Gasteiger partial charge in [-0.05, 0) is 64.0 Å². The van der Waals surface area contributed by atoms with E-state index in [9.17, 15) is 14.7 Å². The average Bonchev–Trinajstić information content (AvgIpc) is 2.80. The lowest BCUT2D eigenvalue weighted by Crippen LogP contribution is -2.28. The van der Waals surface area contributed by atoms with Gasteiger partial charge in [-0.1, -0.05) is 30.3 Å². The SMILES string of the molecule is COc1cccc(OC)c1C(=O)N/C(=C/c1ccc(Oc2ccccc2Br)cc1)C(=O)O. The highest BCUT2D eigenvalue weighted by atomic mass is 79.9. The molecule has 32 heavy (non-hydrogen) atoms. The zero-order valence-electron chi connectivity index (χ0n) is 17.3. The molecule has 0 bridgehead atoms. The Labute approximate surface area is 193 Å². The van der Waals surface area contributed by atoms with Crippen molar-refractivity contribution in [3.8, 4) is 23.0 Å². The van der Waals surface area contributed by atoms with Crippen LogP contribution in [-0.4, -0.2) is 31.2 Å². The molecule has 0 aliphatic rings. The molecular formula is C24H20BrNO6. The molecule has 0 aliphatic carbocycles. The van der Waals surface area contributed by atoms with Gasteiger partial charge in [0.2, 0.25) is 0 Å². The Morgan fingerprint density at radius 1 is 0.875 bits per heavy atom. The molecule has 0 aliphatic heterocycles. The molecular weight excluding hydrogens is 478 g/mol. The highest BCUT2D eigenvalue weighted by Gasteiger charge is 2.21. The summed E-state index contributed by atoms with van der Waals surface area (Å²) >= 11 is 3.42. The molecule has 0 saturated carbocycles. The van der Waals surface area contributed by atoms with E-state index in [0.29, 0.717) is 17.1 Å². The van der Waals surface area contributed by atoms with Crippen LogP contribution in [0, 0.1) is 0 Å². The van der Waals surface area contributed by atoms with Gasteiger partial charge in [0.25, 0.3) is 5.91 Å². The average molecular weight is 498 g/mol. The molecule has 0 heterocycles.